The minimum atomic E-state index is 0.590. The van der Waals surface area contributed by atoms with Crippen LogP contribution in [0.15, 0.2) is 36.4 Å². The molecule has 0 bridgehead atoms. The Balaban J connectivity index is 2.31. The van der Waals surface area contributed by atoms with E-state index in [9.17, 15) is 0 Å². The van der Waals surface area contributed by atoms with E-state index in [1.807, 2.05) is 43.3 Å². The van der Waals surface area contributed by atoms with E-state index in [2.05, 4.69) is 0 Å². The molecule has 0 atom stereocenters. The van der Waals surface area contributed by atoms with Crippen LogP contribution in [0.4, 0.5) is 0 Å². The second-order valence-corrected chi connectivity index (χ2v) is 3.05. The molecule has 0 N–H and O–H groups in total. The van der Waals surface area contributed by atoms with Gasteiger partial charge in [0.2, 0.25) is 0 Å². The summed E-state index contributed by atoms with van der Waals surface area (Å²) < 4.78 is 10.4. The molecule has 2 nitrogen and oxygen atoms in total. The zero-order chi connectivity index (χ0) is 10.2. The third-order valence-corrected chi connectivity index (χ3v) is 1.77. The first-order valence-electron chi connectivity index (χ1n) is 4.66. The summed E-state index contributed by atoms with van der Waals surface area (Å²) in [7, 11) is 1.67. The molecule has 0 heterocycles. The van der Waals surface area contributed by atoms with Crippen molar-refractivity contribution in [3.63, 3.8) is 0 Å². The lowest BCUT2D eigenvalue weighted by molar-refractivity contribution is 0.233. The van der Waals surface area contributed by atoms with Gasteiger partial charge in [-0.25, -0.2) is 0 Å². The molecule has 0 radical (unpaired) electrons. The van der Waals surface area contributed by atoms with E-state index in [-0.39, 0.29) is 0 Å². The van der Waals surface area contributed by atoms with Crippen LogP contribution >= 0.6 is 0 Å². The van der Waals surface area contributed by atoms with E-state index >= 15 is 0 Å². The topological polar surface area (TPSA) is 18.5 Å². The molecule has 0 amide bonds. The number of methoxy groups -OCH3 is 1. The largest absolute Gasteiger partial charge is 0.490 e. The number of benzene rings is 1. The molecule has 0 aliphatic carbocycles. The van der Waals surface area contributed by atoms with E-state index in [4.69, 9.17) is 9.47 Å². The van der Waals surface area contributed by atoms with Gasteiger partial charge in [0.25, 0.3) is 0 Å². The lowest BCUT2D eigenvalue weighted by atomic mass is 10.2. The molecule has 0 aliphatic heterocycles. The van der Waals surface area contributed by atoms with Crippen molar-refractivity contribution in [3.8, 4) is 5.75 Å². The van der Waals surface area contributed by atoms with E-state index in [0.717, 1.165) is 5.75 Å². The summed E-state index contributed by atoms with van der Waals surface area (Å²) in [6.45, 7) is 3.28. The highest BCUT2D eigenvalue weighted by molar-refractivity contribution is 5.27. The van der Waals surface area contributed by atoms with Crippen LogP contribution in [-0.4, -0.2) is 20.3 Å². The highest BCUT2D eigenvalue weighted by Crippen LogP contribution is 2.11. The predicted molar refractivity (Wildman–Crippen MR) is 57.7 cm³/mol. The fourth-order valence-electron chi connectivity index (χ4n) is 1.08. The summed E-state index contributed by atoms with van der Waals surface area (Å²) in [4.78, 5) is 0. The Morgan fingerprint density at radius 1 is 1.21 bits per heavy atom. The number of ether oxygens (including phenoxy) is 2. The quantitative estimate of drug-likeness (QED) is 0.667. The monoisotopic (exact) mass is 192 g/mol. The molecule has 0 saturated heterocycles. The molecule has 0 spiro atoms. The summed E-state index contributed by atoms with van der Waals surface area (Å²) in [5.74, 6) is 0.909. The molecule has 0 aliphatic rings. The molecule has 14 heavy (non-hydrogen) atoms. The average Bonchev–Trinajstić information content (AvgIpc) is 2.18. The van der Waals surface area contributed by atoms with Gasteiger partial charge in [0, 0.05) is 7.11 Å². The van der Waals surface area contributed by atoms with Crippen molar-refractivity contribution in [2.24, 2.45) is 0 Å². The van der Waals surface area contributed by atoms with Crippen LogP contribution in [0.5, 0.6) is 5.75 Å². The van der Waals surface area contributed by atoms with E-state index in [1.54, 1.807) is 7.11 Å². The highest BCUT2D eigenvalue weighted by Gasteiger charge is 1.90. The molecular formula is C12H16O2. The average molecular weight is 192 g/mol. The van der Waals surface area contributed by atoms with Gasteiger partial charge in [0.15, 0.2) is 0 Å². The fourth-order valence-corrected chi connectivity index (χ4v) is 1.08. The third-order valence-electron chi connectivity index (χ3n) is 1.77. The van der Waals surface area contributed by atoms with Gasteiger partial charge in [-0.15, -0.1) is 0 Å². The fraction of sp³-hybridized carbons (Fsp3) is 0.333. The predicted octanol–water partition coefficient (Wildman–Crippen LogP) is 2.58. The number of rotatable bonds is 5. The van der Waals surface area contributed by atoms with Crippen LogP contribution in [0.25, 0.3) is 0 Å². The third kappa shape index (κ3) is 4.10. The Labute approximate surface area is 85.2 Å². The molecule has 1 aromatic carbocycles. The first-order valence-corrected chi connectivity index (χ1v) is 4.66. The Hall–Kier alpha value is -1.28. The maximum Gasteiger partial charge on any atom is 0.120 e. The van der Waals surface area contributed by atoms with Gasteiger partial charge < -0.3 is 9.47 Å². The van der Waals surface area contributed by atoms with Gasteiger partial charge in [0.05, 0.1) is 6.61 Å². The van der Waals surface area contributed by atoms with Gasteiger partial charge in [-0.3, -0.25) is 0 Å². The summed E-state index contributed by atoms with van der Waals surface area (Å²) >= 11 is 0. The molecule has 1 rings (SSSR count). The summed E-state index contributed by atoms with van der Waals surface area (Å²) in [6, 6.07) is 8.01. The van der Waals surface area contributed by atoms with Gasteiger partial charge in [-0.1, -0.05) is 18.2 Å². The van der Waals surface area contributed by atoms with Crippen molar-refractivity contribution in [1.82, 2.24) is 0 Å². The zero-order valence-electron chi connectivity index (χ0n) is 8.69. The molecule has 0 fully saturated rings. The normalized spacial score (nSPS) is 10.7. The van der Waals surface area contributed by atoms with Gasteiger partial charge in [0.1, 0.15) is 12.4 Å². The standard InChI is InChI=1S/C12H16O2/c1-11-6-5-7-12(10-11)14-9-4-3-8-13-2/h3-7,10H,8-9H2,1-2H3/b4-3+. The Bertz CT molecular complexity index is 292. The molecule has 0 saturated carbocycles. The SMILES string of the molecule is COC/C=C/COc1cccc(C)c1. The molecule has 0 unspecified atom stereocenters. The van der Waals surface area contributed by atoms with Gasteiger partial charge >= 0.3 is 0 Å². The molecule has 2 heteroatoms. The lowest BCUT2D eigenvalue weighted by Gasteiger charge is -2.03. The summed E-state index contributed by atoms with van der Waals surface area (Å²) in [6.07, 6.45) is 3.89. The molecular weight excluding hydrogens is 176 g/mol. The minimum absolute atomic E-state index is 0.590. The highest BCUT2D eigenvalue weighted by atomic mass is 16.5. The maximum absolute atomic E-state index is 5.49. The van der Waals surface area contributed by atoms with E-state index in [1.165, 1.54) is 5.56 Å². The van der Waals surface area contributed by atoms with Crippen LogP contribution < -0.4 is 4.74 Å². The van der Waals surface area contributed by atoms with Crippen molar-refractivity contribution >= 4 is 0 Å². The smallest absolute Gasteiger partial charge is 0.120 e. The molecule has 0 aromatic heterocycles. The minimum Gasteiger partial charge on any atom is -0.490 e. The van der Waals surface area contributed by atoms with Crippen LogP contribution in [0.2, 0.25) is 0 Å². The van der Waals surface area contributed by atoms with Crippen LogP contribution in [0.1, 0.15) is 5.56 Å². The van der Waals surface area contributed by atoms with Crippen LogP contribution in [0.3, 0.4) is 0 Å². The second kappa shape index (κ2) is 6.22. The van der Waals surface area contributed by atoms with Crippen LogP contribution in [0, 0.1) is 6.92 Å². The first kappa shape index (κ1) is 10.8. The first-order chi connectivity index (χ1) is 6.83. The number of hydrogen-bond acceptors (Lipinski definition) is 2. The second-order valence-electron chi connectivity index (χ2n) is 3.05. The zero-order valence-corrected chi connectivity index (χ0v) is 8.69. The number of aryl methyl sites for hydroxylation is 1. The summed E-state index contributed by atoms with van der Waals surface area (Å²) in [5, 5.41) is 0. The maximum atomic E-state index is 5.49. The van der Waals surface area contributed by atoms with E-state index < -0.39 is 0 Å². The van der Waals surface area contributed by atoms with Gasteiger partial charge in [-0.05, 0) is 30.7 Å². The lowest BCUT2D eigenvalue weighted by Crippen LogP contribution is -1.94. The van der Waals surface area contributed by atoms with Crippen molar-refractivity contribution in [2.45, 2.75) is 6.92 Å². The Morgan fingerprint density at radius 3 is 2.71 bits per heavy atom. The summed E-state index contributed by atoms with van der Waals surface area (Å²) in [5.41, 5.74) is 1.21. The van der Waals surface area contributed by atoms with Crippen molar-refractivity contribution in [2.75, 3.05) is 20.3 Å². The van der Waals surface area contributed by atoms with Crippen molar-refractivity contribution in [1.29, 1.82) is 0 Å². The Kier molecular flexibility index (Phi) is 4.79. The number of hydrogen-bond donors (Lipinski definition) is 0. The molecule has 76 valence electrons. The van der Waals surface area contributed by atoms with E-state index in [0.29, 0.717) is 13.2 Å². The van der Waals surface area contributed by atoms with Gasteiger partial charge in [-0.2, -0.15) is 0 Å². The molecule has 1 aromatic rings. The van der Waals surface area contributed by atoms with Crippen molar-refractivity contribution in [3.05, 3.63) is 42.0 Å². The van der Waals surface area contributed by atoms with Crippen LogP contribution in [-0.2, 0) is 4.74 Å². The Morgan fingerprint density at radius 2 is 2.00 bits per heavy atom. The van der Waals surface area contributed by atoms with Crippen molar-refractivity contribution < 1.29 is 9.47 Å².